The third kappa shape index (κ3) is 3.69. The Bertz CT molecular complexity index is 991. The summed E-state index contributed by atoms with van der Waals surface area (Å²) in [6, 6.07) is 8.80. The minimum Gasteiger partial charge on any atom is -0.352 e. The van der Waals surface area contributed by atoms with Crippen LogP contribution in [0.15, 0.2) is 36.5 Å². The number of hydrogen-bond acceptors (Lipinski definition) is 4. The van der Waals surface area contributed by atoms with E-state index >= 15 is 0 Å². The van der Waals surface area contributed by atoms with Gasteiger partial charge in [-0.1, -0.05) is 37.1 Å². The lowest BCUT2D eigenvalue weighted by Crippen LogP contribution is -2.28. The molecule has 146 valence electrons. The molecule has 2 aromatic heterocycles. The Morgan fingerprint density at radius 2 is 1.86 bits per heavy atom. The monoisotopic (exact) mass is 389 g/mol. The fourth-order valence-corrected chi connectivity index (χ4v) is 3.45. The zero-order chi connectivity index (χ0) is 19.7. The van der Waals surface area contributed by atoms with Crippen molar-refractivity contribution < 1.29 is 18.0 Å². The molecule has 1 aromatic carbocycles. The van der Waals surface area contributed by atoms with Gasteiger partial charge in [-0.05, 0) is 24.5 Å². The van der Waals surface area contributed by atoms with Crippen molar-refractivity contribution in [2.24, 2.45) is 5.92 Å². The molecule has 0 aliphatic heterocycles. The Labute approximate surface area is 158 Å². The second-order valence-corrected chi connectivity index (χ2v) is 6.87. The molecule has 2 heterocycles. The summed E-state index contributed by atoms with van der Waals surface area (Å²) < 4.78 is 39.7. The summed E-state index contributed by atoms with van der Waals surface area (Å²) >= 11 is 0. The van der Waals surface area contributed by atoms with E-state index in [2.05, 4.69) is 20.4 Å². The van der Waals surface area contributed by atoms with Crippen molar-refractivity contribution in [3.63, 3.8) is 0 Å². The largest absolute Gasteiger partial charge is 0.453 e. The fraction of sp³-hybridized carbons (Fsp3) is 0.368. The number of fused-ring (bicyclic) bond motifs is 1. The van der Waals surface area contributed by atoms with Gasteiger partial charge in [0.15, 0.2) is 0 Å². The highest BCUT2D eigenvalue weighted by Crippen LogP contribution is 2.28. The molecule has 1 fully saturated rings. The summed E-state index contributed by atoms with van der Waals surface area (Å²) in [5, 5.41) is 6.50. The number of carbonyl (C=O) groups is 1. The second-order valence-electron chi connectivity index (χ2n) is 6.87. The van der Waals surface area contributed by atoms with Crippen molar-refractivity contribution in [3.05, 3.63) is 47.9 Å². The maximum Gasteiger partial charge on any atom is 0.453 e. The molecule has 0 saturated heterocycles. The van der Waals surface area contributed by atoms with Crippen LogP contribution in [0, 0.1) is 5.92 Å². The average molecular weight is 389 g/mol. The van der Waals surface area contributed by atoms with Crippen molar-refractivity contribution in [1.82, 2.24) is 24.9 Å². The summed E-state index contributed by atoms with van der Waals surface area (Å²) in [5.74, 6) is -1.14. The van der Waals surface area contributed by atoms with Gasteiger partial charge in [0.2, 0.25) is 5.91 Å². The first-order valence-electron chi connectivity index (χ1n) is 9.08. The van der Waals surface area contributed by atoms with E-state index in [1.165, 1.54) is 6.20 Å². The standard InChI is InChI=1S/C19H18F3N5O/c20-19(21,22)17-25-18-23-10-9-15(27(18)26-17)13-7-5-12(6-8-13)11-24-16(28)14-3-1-2-4-14/h5-10,14H,1-4,11H2,(H,24,28). The molecule has 4 rings (SSSR count). The number of alkyl halides is 3. The summed E-state index contributed by atoms with van der Waals surface area (Å²) in [7, 11) is 0. The number of halogens is 3. The molecular weight excluding hydrogens is 371 g/mol. The Hall–Kier alpha value is -2.97. The lowest BCUT2D eigenvalue weighted by atomic mass is 10.1. The van der Waals surface area contributed by atoms with E-state index in [4.69, 9.17) is 0 Å². The molecule has 1 aliphatic rings. The predicted octanol–water partition coefficient (Wildman–Crippen LogP) is 3.62. The number of hydrogen-bond donors (Lipinski definition) is 1. The number of nitrogens with zero attached hydrogens (tertiary/aromatic N) is 4. The highest BCUT2D eigenvalue weighted by atomic mass is 19.4. The van der Waals surface area contributed by atoms with E-state index in [-0.39, 0.29) is 17.6 Å². The van der Waals surface area contributed by atoms with Crippen LogP contribution >= 0.6 is 0 Å². The van der Waals surface area contributed by atoms with Crippen LogP contribution in [0.3, 0.4) is 0 Å². The maximum atomic E-state index is 12.9. The van der Waals surface area contributed by atoms with Gasteiger partial charge in [-0.3, -0.25) is 4.79 Å². The van der Waals surface area contributed by atoms with E-state index in [0.29, 0.717) is 17.8 Å². The van der Waals surface area contributed by atoms with Crippen molar-refractivity contribution in [2.45, 2.75) is 38.4 Å². The lowest BCUT2D eigenvalue weighted by Gasteiger charge is -2.11. The number of carbonyl (C=O) groups excluding carboxylic acids is 1. The van der Waals surface area contributed by atoms with Crippen LogP contribution in [0.5, 0.6) is 0 Å². The fourth-order valence-electron chi connectivity index (χ4n) is 3.45. The molecule has 3 aromatic rings. The van der Waals surface area contributed by atoms with Crippen LogP contribution in [-0.2, 0) is 17.5 Å². The van der Waals surface area contributed by atoms with E-state index in [0.717, 1.165) is 35.8 Å². The van der Waals surface area contributed by atoms with Gasteiger partial charge in [-0.2, -0.15) is 22.7 Å². The van der Waals surface area contributed by atoms with Crippen LogP contribution < -0.4 is 5.32 Å². The van der Waals surface area contributed by atoms with Gasteiger partial charge >= 0.3 is 6.18 Å². The van der Waals surface area contributed by atoms with E-state index in [1.807, 2.05) is 12.1 Å². The van der Waals surface area contributed by atoms with Crippen LogP contribution in [-0.4, -0.2) is 25.5 Å². The average Bonchev–Trinajstić information content (AvgIpc) is 3.35. The third-order valence-corrected chi connectivity index (χ3v) is 4.94. The molecule has 1 N–H and O–H groups in total. The molecule has 0 atom stereocenters. The normalized spacial score (nSPS) is 15.2. The van der Waals surface area contributed by atoms with Gasteiger partial charge in [0.05, 0.1) is 5.69 Å². The Balaban J connectivity index is 1.52. The molecule has 1 amide bonds. The zero-order valence-electron chi connectivity index (χ0n) is 14.9. The number of amides is 1. The van der Waals surface area contributed by atoms with E-state index < -0.39 is 12.0 Å². The van der Waals surface area contributed by atoms with Crippen molar-refractivity contribution in [2.75, 3.05) is 0 Å². The predicted molar refractivity (Wildman–Crippen MR) is 95.0 cm³/mol. The summed E-state index contributed by atoms with van der Waals surface area (Å²) in [6.07, 6.45) is 0.861. The van der Waals surface area contributed by atoms with Crippen molar-refractivity contribution >= 4 is 11.7 Å². The Morgan fingerprint density at radius 1 is 1.14 bits per heavy atom. The highest BCUT2D eigenvalue weighted by molar-refractivity contribution is 5.78. The third-order valence-electron chi connectivity index (χ3n) is 4.94. The number of nitrogens with one attached hydrogen (secondary N) is 1. The number of rotatable bonds is 4. The van der Waals surface area contributed by atoms with Gasteiger partial charge in [-0.25, -0.2) is 4.98 Å². The summed E-state index contributed by atoms with van der Waals surface area (Å²) in [5.41, 5.74) is 2.04. The first kappa shape index (κ1) is 18.4. The smallest absolute Gasteiger partial charge is 0.352 e. The van der Waals surface area contributed by atoms with Gasteiger partial charge in [0.1, 0.15) is 0 Å². The van der Waals surface area contributed by atoms with Gasteiger partial charge in [0.25, 0.3) is 11.6 Å². The molecule has 1 saturated carbocycles. The number of benzene rings is 1. The van der Waals surface area contributed by atoms with Gasteiger partial charge in [-0.15, -0.1) is 5.10 Å². The maximum absolute atomic E-state index is 12.9. The lowest BCUT2D eigenvalue weighted by molar-refractivity contribution is -0.144. The quantitative estimate of drug-likeness (QED) is 0.740. The molecule has 0 spiro atoms. The van der Waals surface area contributed by atoms with Crippen molar-refractivity contribution in [3.8, 4) is 11.3 Å². The molecule has 0 unspecified atom stereocenters. The molecule has 6 nitrogen and oxygen atoms in total. The van der Waals surface area contributed by atoms with Crippen LogP contribution in [0.25, 0.3) is 17.0 Å². The van der Waals surface area contributed by atoms with Crippen molar-refractivity contribution in [1.29, 1.82) is 0 Å². The first-order chi connectivity index (χ1) is 13.4. The van der Waals surface area contributed by atoms with E-state index in [1.54, 1.807) is 18.2 Å². The Morgan fingerprint density at radius 3 is 2.54 bits per heavy atom. The topological polar surface area (TPSA) is 72.2 Å². The molecule has 0 bridgehead atoms. The molecule has 9 heteroatoms. The first-order valence-corrected chi connectivity index (χ1v) is 9.08. The molecule has 28 heavy (non-hydrogen) atoms. The van der Waals surface area contributed by atoms with E-state index in [9.17, 15) is 18.0 Å². The zero-order valence-corrected chi connectivity index (χ0v) is 14.9. The summed E-state index contributed by atoms with van der Waals surface area (Å²) in [6.45, 7) is 0.420. The second kappa shape index (κ2) is 7.21. The minimum atomic E-state index is -4.63. The molecular formula is C19H18F3N5O. The van der Waals surface area contributed by atoms with Gasteiger partial charge in [0, 0.05) is 24.2 Å². The van der Waals surface area contributed by atoms with Gasteiger partial charge < -0.3 is 5.32 Å². The highest BCUT2D eigenvalue weighted by Gasteiger charge is 2.36. The molecule has 1 aliphatic carbocycles. The van der Waals surface area contributed by atoms with Crippen LogP contribution in [0.4, 0.5) is 13.2 Å². The summed E-state index contributed by atoms with van der Waals surface area (Å²) in [4.78, 5) is 19.4. The Kier molecular flexibility index (Phi) is 4.74. The molecule has 0 radical (unpaired) electrons. The van der Waals surface area contributed by atoms with Crippen LogP contribution in [0.2, 0.25) is 0 Å². The SMILES string of the molecule is O=C(NCc1ccc(-c2ccnc3nc(C(F)(F)F)nn23)cc1)C1CCCC1. The minimum absolute atomic E-state index is 0.0831. The van der Waals surface area contributed by atoms with Crippen LogP contribution in [0.1, 0.15) is 37.1 Å². The number of aromatic nitrogens is 4.